The lowest BCUT2D eigenvalue weighted by atomic mass is 10.1. The van der Waals surface area contributed by atoms with Gasteiger partial charge in [0.25, 0.3) is 0 Å². The molecule has 2 atom stereocenters. The zero-order valence-corrected chi connectivity index (χ0v) is 8.76. The normalized spacial score (nSPS) is 30.5. The molecule has 1 fully saturated rings. The predicted molar refractivity (Wildman–Crippen MR) is 51.1 cm³/mol. The first-order valence-electron chi connectivity index (χ1n) is 4.92. The van der Waals surface area contributed by atoms with Crippen LogP contribution in [-0.4, -0.2) is 30.8 Å². The summed E-state index contributed by atoms with van der Waals surface area (Å²) in [5.74, 6) is 0.839. The summed E-state index contributed by atoms with van der Waals surface area (Å²) in [5, 5.41) is 0. The molecule has 12 heavy (non-hydrogen) atoms. The summed E-state index contributed by atoms with van der Waals surface area (Å²) in [7, 11) is 1.81. The molecule has 0 aromatic carbocycles. The number of methoxy groups -OCH3 is 1. The lowest BCUT2D eigenvalue weighted by molar-refractivity contribution is -0.116. The summed E-state index contributed by atoms with van der Waals surface area (Å²) in [6.45, 7) is 9.07. The van der Waals surface area contributed by atoms with Crippen LogP contribution in [0.25, 0.3) is 0 Å². The molecule has 2 unspecified atom stereocenters. The largest absolute Gasteiger partial charge is 0.364 e. The Morgan fingerprint density at radius 2 is 2.25 bits per heavy atom. The third-order valence-electron chi connectivity index (χ3n) is 3.19. The maximum absolute atomic E-state index is 5.55. The fraction of sp³-hybridized carbons (Fsp3) is 1.00. The minimum atomic E-state index is -0.0231. The van der Waals surface area contributed by atoms with Crippen molar-refractivity contribution >= 4 is 0 Å². The van der Waals surface area contributed by atoms with E-state index in [4.69, 9.17) is 4.74 Å². The van der Waals surface area contributed by atoms with Crippen LogP contribution in [0.2, 0.25) is 0 Å². The van der Waals surface area contributed by atoms with Gasteiger partial charge in [-0.05, 0) is 25.7 Å². The molecule has 0 radical (unpaired) electrons. The lowest BCUT2D eigenvalue weighted by Crippen LogP contribution is -2.46. The fourth-order valence-corrected chi connectivity index (χ4v) is 1.86. The van der Waals surface area contributed by atoms with Crippen LogP contribution in [0, 0.1) is 5.92 Å². The van der Waals surface area contributed by atoms with Gasteiger partial charge < -0.3 is 4.74 Å². The molecule has 2 heteroatoms. The molecule has 0 aromatic heterocycles. The first-order chi connectivity index (χ1) is 5.62. The minimum absolute atomic E-state index is 0.0231. The van der Waals surface area contributed by atoms with Crippen molar-refractivity contribution in [2.75, 3.05) is 20.2 Å². The maximum atomic E-state index is 5.55. The highest BCUT2D eigenvalue weighted by atomic mass is 16.5. The fourth-order valence-electron chi connectivity index (χ4n) is 1.86. The average Bonchev–Trinajstić information content (AvgIpc) is 2.51. The third kappa shape index (κ3) is 1.80. The van der Waals surface area contributed by atoms with E-state index in [-0.39, 0.29) is 5.72 Å². The van der Waals surface area contributed by atoms with Crippen LogP contribution >= 0.6 is 0 Å². The van der Waals surface area contributed by atoms with Gasteiger partial charge in [0.1, 0.15) is 5.72 Å². The SMILES string of the molecule is CCC(C)(OC)N1CCC(C)C1. The second kappa shape index (κ2) is 3.75. The molecule has 1 aliphatic rings. The monoisotopic (exact) mass is 171 g/mol. The molecular formula is C10H21NO. The summed E-state index contributed by atoms with van der Waals surface area (Å²) in [5.41, 5.74) is -0.0231. The van der Waals surface area contributed by atoms with E-state index in [1.54, 1.807) is 0 Å². The highest BCUT2D eigenvalue weighted by Gasteiger charge is 2.33. The summed E-state index contributed by atoms with van der Waals surface area (Å²) in [6.07, 6.45) is 2.38. The molecule has 1 rings (SSSR count). The molecule has 0 amide bonds. The zero-order valence-electron chi connectivity index (χ0n) is 8.76. The van der Waals surface area contributed by atoms with E-state index in [1.165, 1.54) is 19.5 Å². The summed E-state index contributed by atoms with van der Waals surface area (Å²) >= 11 is 0. The molecule has 0 bridgehead atoms. The van der Waals surface area contributed by atoms with Crippen molar-refractivity contribution in [3.63, 3.8) is 0 Å². The quantitative estimate of drug-likeness (QED) is 0.645. The van der Waals surface area contributed by atoms with Gasteiger partial charge in [-0.25, -0.2) is 0 Å². The Labute approximate surface area is 75.9 Å². The van der Waals surface area contributed by atoms with Crippen LogP contribution in [0.5, 0.6) is 0 Å². The van der Waals surface area contributed by atoms with Gasteiger partial charge in [-0.1, -0.05) is 13.8 Å². The van der Waals surface area contributed by atoms with Crippen LogP contribution in [-0.2, 0) is 4.74 Å². The predicted octanol–water partition coefficient (Wildman–Crippen LogP) is 2.10. The van der Waals surface area contributed by atoms with Gasteiger partial charge >= 0.3 is 0 Å². The molecule has 0 aliphatic carbocycles. The van der Waals surface area contributed by atoms with Gasteiger partial charge in [-0.15, -0.1) is 0 Å². The molecule has 0 spiro atoms. The van der Waals surface area contributed by atoms with E-state index in [0.717, 1.165) is 12.3 Å². The first-order valence-corrected chi connectivity index (χ1v) is 4.92. The van der Waals surface area contributed by atoms with Gasteiger partial charge in [0.2, 0.25) is 0 Å². The molecule has 0 saturated carbocycles. The molecule has 0 N–H and O–H groups in total. The second-order valence-corrected chi connectivity index (χ2v) is 4.07. The lowest BCUT2D eigenvalue weighted by Gasteiger charge is -2.36. The molecule has 72 valence electrons. The van der Waals surface area contributed by atoms with Crippen molar-refractivity contribution in [3.05, 3.63) is 0 Å². The van der Waals surface area contributed by atoms with Crippen molar-refractivity contribution in [2.24, 2.45) is 5.92 Å². The van der Waals surface area contributed by atoms with Crippen molar-refractivity contribution in [1.29, 1.82) is 0 Å². The van der Waals surface area contributed by atoms with Gasteiger partial charge in [0, 0.05) is 20.2 Å². The van der Waals surface area contributed by atoms with Crippen LogP contribution in [0.15, 0.2) is 0 Å². The van der Waals surface area contributed by atoms with E-state index < -0.39 is 0 Å². The second-order valence-electron chi connectivity index (χ2n) is 4.07. The van der Waals surface area contributed by atoms with Gasteiger partial charge in [-0.3, -0.25) is 4.90 Å². The van der Waals surface area contributed by atoms with Crippen molar-refractivity contribution < 1.29 is 4.74 Å². The number of nitrogens with zero attached hydrogens (tertiary/aromatic N) is 1. The number of ether oxygens (including phenoxy) is 1. The third-order valence-corrected chi connectivity index (χ3v) is 3.19. The molecular weight excluding hydrogens is 150 g/mol. The highest BCUT2D eigenvalue weighted by molar-refractivity contribution is 4.82. The van der Waals surface area contributed by atoms with Crippen molar-refractivity contribution in [3.8, 4) is 0 Å². The summed E-state index contributed by atoms with van der Waals surface area (Å²) in [6, 6.07) is 0. The van der Waals surface area contributed by atoms with Gasteiger partial charge in [0.05, 0.1) is 0 Å². The minimum Gasteiger partial charge on any atom is -0.364 e. The summed E-state index contributed by atoms with van der Waals surface area (Å²) in [4.78, 5) is 2.46. The molecule has 1 aliphatic heterocycles. The number of hydrogen-bond acceptors (Lipinski definition) is 2. The molecule has 0 aromatic rings. The van der Waals surface area contributed by atoms with Crippen molar-refractivity contribution in [2.45, 2.75) is 39.3 Å². The van der Waals surface area contributed by atoms with E-state index in [1.807, 2.05) is 7.11 Å². The van der Waals surface area contributed by atoms with Crippen LogP contribution in [0.4, 0.5) is 0 Å². The van der Waals surface area contributed by atoms with E-state index in [2.05, 4.69) is 25.7 Å². The van der Waals surface area contributed by atoms with Gasteiger partial charge in [0.15, 0.2) is 0 Å². The Hall–Kier alpha value is -0.0800. The van der Waals surface area contributed by atoms with Crippen LogP contribution in [0.3, 0.4) is 0 Å². The Morgan fingerprint density at radius 1 is 1.58 bits per heavy atom. The molecule has 1 heterocycles. The number of rotatable bonds is 3. The number of likely N-dealkylation sites (tertiary alicyclic amines) is 1. The van der Waals surface area contributed by atoms with Crippen LogP contribution < -0.4 is 0 Å². The summed E-state index contributed by atoms with van der Waals surface area (Å²) < 4.78 is 5.55. The number of hydrogen-bond donors (Lipinski definition) is 0. The van der Waals surface area contributed by atoms with Crippen LogP contribution in [0.1, 0.15) is 33.6 Å². The average molecular weight is 171 g/mol. The molecule has 1 saturated heterocycles. The Bertz CT molecular complexity index is 143. The smallest absolute Gasteiger partial charge is 0.118 e. The standard InChI is InChI=1S/C10H21NO/c1-5-10(3,12-4)11-7-6-9(2)8-11/h9H,5-8H2,1-4H3. The van der Waals surface area contributed by atoms with E-state index in [0.29, 0.717) is 0 Å². The highest BCUT2D eigenvalue weighted by Crippen LogP contribution is 2.27. The zero-order chi connectivity index (χ0) is 9.19. The van der Waals surface area contributed by atoms with E-state index in [9.17, 15) is 0 Å². The maximum Gasteiger partial charge on any atom is 0.118 e. The molecule has 2 nitrogen and oxygen atoms in total. The van der Waals surface area contributed by atoms with Crippen molar-refractivity contribution in [1.82, 2.24) is 4.90 Å². The Morgan fingerprint density at radius 3 is 2.58 bits per heavy atom. The van der Waals surface area contributed by atoms with Gasteiger partial charge in [-0.2, -0.15) is 0 Å². The topological polar surface area (TPSA) is 12.5 Å². The van der Waals surface area contributed by atoms with E-state index >= 15 is 0 Å². The first kappa shape index (κ1) is 10.0. The Kier molecular flexibility index (Phi) is 3.13. The Balaban J connectivity index is 2.55.